The zero-order chi connectivity index (χ0) is 19.5. The zero-order valence-electron chi connectivity index (χ0n) is 14.3. The Morgan fingerprint density at radius 3 is 2.68 bits per heavy atom. The lowest BCUT2D eigenvalue weighted by molar-refractivity contribution is 0.0460. The maximum atomic E-state index is 12.6. The summed E-state index contributed by atoms with van der Waals surface area (Å²) in [5, 5.41) is 4.79. The van der Waals surface area contributed by atoms with Crippen LogP contribution in [-0.2, 0) is 11.3 Å². The molecule has 0 unspecified atom stereocenters. The third-order valence-corrected chi connectivity index (χ3v) is 4.69. The van der Waals surface area contributed by atoms with Gasteiger partial charge in [-0.15, -0.1) is 0 Å². The van der Waals surface area contributed by atoms with Gasteiger partial charge in [-0.1, -0.05) is 47.3 Å². The van der Waals surface area contributed by atoms with Crippen molar-refractivity contribution in [2.45, 2.75) is 17.3 Å². The highest BCUT2D eigenvalue weighted by Crippen LogP contribution is 2.30. The molecule has 0 aliphatic heterocycles. The van der Waals surface area contributed by atoms with E-state index in [0.717, 1.165) is 11.0 Å². The van der Waals surface area contributed by atoms with Gasteiger partial charge in [0.15, 0.2) is 5.76 Å². The third kappa shape index (κ3) is 3.91. The van der Waals surface area contributed by atoms with E-state index in [0.29, 0.717) is 29.0 Å². The Morgan fingerprint density at radius 2 is 1.86 bits per heavy atom. The first-order valence-electron chi connectivity index (χ1n) is 8.25. The van der Waals surface area contributed by atoms with Gasteiger partial charge in [0, 0.05) is 16.3 Å². The van der Waals surface area contributed by atoms with Crippen LogP contribution in [0.15, 0.2) is 74.5 Å². The molecule has 8 heteroatoms. The van der Waals surface area contributed by atoms with Crippen LogP contribution in [-0.4, -0.2) is 16.9 Å². The van der Waals surface area contributed by atoms with Crippen LogP contribution < -0.4 is 0 Å². The molecule has 0 N–H and O–H groups in total. The first-order chi connectivity index (χ1) is 13.6. The highest BCUT2D eigenvalue weighted by molar-refractivity contribution is 7.99. The van der Waals surface area contributed by atoms with Crippen LogP contribution in [0.2, 0.25) is 0 Å². The number of hydrogen-bond donors (Lipinski definition) is 0. The summed E-state index contributed by atoms with van der Waals surface area (Å²) in [4.78, 5) is 12.4. The fourth-order valence-corrected chi connectivity index (χ4v) is 3.28. The highest BCUT2D eigenvalue weighted by atomic mass is 32.2. The summed E-state index contributed by atoms with van der Waals surface area (Å²) < 4.78 is 41.4. The topological polar surface area (TPSA) is 65.5 Å². The summed E-state index contributed by atoms with van der Waals surface area (Å²) in [6.45, 7) is -0.157. The molecule has 28 heavy (non-hydrogen) atoms. The number of esters is 1. The van der Waals surface area contributed by atoms with E-state index in [4.69, 9.17) is 13.7 Å². The number of aromatic nitrogens is 1. The molecule has 0 fully saturated rings. The summed E-state index contributed by atoms with van der Waals surface area (Å²) >= 11 is 0.298. The van der Waals surface area contributed by atoms with Crippen LogP contribution in [0.1, 0.15) is 16.1 Å². The van der Waals surface area contributed by atoms with Crippen molar-refractivity contribution in [1.82, 2.24) is 5.16 Å². The van der Waals surface area contributed by atoms with Crippen molar-refractivity contribution in [2.24, 2.45) is 0 Å². The van der Waals surface area contributed by atoms with E-state index >= 15 is 0 Å². The third-order valence-electron chi connectivity index (χ3n) is 3.90. The number of para-hydroxylation sites is 1. The quantitative estimate of drug-likeness (QED) is 0.302. The first-order valence-corrected chi connectivity index (χ1v) is 9.13. The molecule has 2 heterocycles. The van der Waals surface area contributed by atoms with E-state index in [1.54, 1.807) is 18.2 Å². The van der Waals surface area contributed by atoms with Crippen molar-refractivity contribution >= 4 is 28.7 Å². The molecule has 5 nitrogen and oxygen atoms in total. The Morgan fingerprint density at radius 1 is 1.07 bits per heavy atom. The van der Waals surface area contributed by atoms with Gasteiger partial charge in [-0.05, 0) is 24.3 Å². The monoisotopic (exact) mass is 401 g/mol. The maximum Gasteiger partial charge on any atom is 0.339 e. The van der Waals surface area contributed by atoms with Crippen molar-refractivity contribution < 1.29 is 27.3 Å². The number of halogens is 2. The van der Waals surface area contributed by atoms with Gasteiger partial charge in [-0.2, -0.15) is 8.78 Å². The summed E-state index contributed by atoms with van der Waals surface area (Å²) in [5.74, 6) is -2.44. The molecule has 4 aromatic rings. The predicted octanol–water partition coefficient (Wildman–Crippen LogP) is 5.76. The molecule has 0 spiro atoms. The second kappa shape index (κ2) is 7.85. The number of rotatable bonds is 6. The van der Waals surface area contributed by atoms with Crippen molar-refractivity contribution in [3.63, 3.8) is 0 Å². The lowest BCUT2D eigenvalue weighted by Crippen LogP contribution is -2.07. The van der Waals surface area contributed by atoms with Gasteiger partial charge in [0.25, 0.3) is 5.76 Å². The van der Waals surface area contributed by atoms with Crippen LogP contribution in [0.25, 0.3) is 22.5 Å². The number of furan rings is 1. The molecular weight excluding hydrogens is 388 g/mol. The summed E-state index contributed by atoms with van der Waals surface area (Å²) in [6, 6.07) is 17.0. The average Bonchev–Trinajstić information content (AvgIpc) is 3.32. The number of nitrogens with zero attached hydrogens (tertiary/aromatic N) is 1. The van der Waals surface area contributed by atoms with Crippen LogP contribution in [0.4, 0.5) is 8.78 Å². The highest BCUT2D eigenvalue weighted by Gasteiger charge is 2.18. The lowest BCUT2D eigenvalue weighted by Gasteiger charge is -2.07. The molecule has 0 saturated heterocycles. The Bertz CT molecular complexity index is 1090. The minimum Gasteiger partial charge on any atom is -0.455 e. The molecule has 0 bridgehead atoms. The molecule has 0 saturated carbocycles. The van der Waals surface area contributed by atoms with Gasteiger partial charge < -0.3 is 13.7 Å². The smallest absolute Gasteiger partial charge is 0.339 e. The molecule has 0 atom stereocenters. The minimum absolute atomic E-state index is 0.0776. The number of ether oxygens (including phenoxy) is 1. The van der Waals surface area contributed by atoms with Crippen LogP contribution in [0.5, 0.6) is 0 Å². The second-order valence-electron chi connectivity index (χ2n) is 5.78. The van der Waals surface area contributed by atoms with Crippen molar-refractivity contribution in [3.8, 4) is 11.5 Å². The number of thioether (sulfide) groups is 1. The summed E-state index contributed by atoms with van der Waals surface area (Å²) in [6.07, 6.45) is 0. The van der Waals surface area contributed by atoms with E-state index in [1.165, 1.54) is 12.1 Å². The van der Waals surface area contributed by atoms with E-state index < -0.39 is 11.7 Å². The van der Waals surface area contributed by atoms with E-state index in [1.807, 2.05) is 30.3 Å². The molecule has 0 amide bonds. The molecular formula is C20H13F2NO4S. The molecule has 0 radical (unpaired) electrons. The van der Waals surface area contributed by atoms with E-state index in [2.05, 4.69) is 5.16 Å². The molecule has 0 aliphatic carbocycles. The van der Waals surface area contributed by atoms with Crippen molar-refractivity contribution in [2.75, 3.05) is 0 Å². The number of hydrogen-bond acceptors (Lipinski definition) is 6. The standard InChI is InChI=1S/C20H13F2NO4S/c21-20(22)28-18-8-4-2-6-14(18)19(24)25-11-13-10-17(27-23-13)16-9-12-5-1-3-7-15(12)26-16/h1-10,20H,11H2. The lowest BCUT2D eigenvalue weighted by atomic mass is 10.2. The Balaban J connectivity index is 1.45. The fraction of sp³-hybridized carbons (Fsp3) is 0.100. The van der Waals surface area contributed by atoms with Crippen LogP contribution >= 0.6 is 11.8 Å². The largest absolute Gasteiger partial charge is 0.455 e. The SMILES string of the molecule is O=C(OCc1cc(-c2cc3ccccc3o2)on1)c1ccccc1SC(F)F. The summed E-state index contributed by atoms with van der Waals surface area (Å²) in [5.41, 5.74) is 1.17. The van der Waals surface area contributed by atoms with Gasteiger partial charge in [0.1, 0.15) is 17.9 Å². The van der Waals surface area contributed by atoms with Crippen molar-refractivity contribution in [1.29, 1.82) is 0 Å². The Labute approximate surface area is 162 Å². The molecule has 2 aromatic heterocycles. The van der Waals surface area contributed by atoms with Crippen LogP contribution in [0, 0.1) is 0 Å². The Hall–Kier alpha value is -3.13. The maximum absolute atomic E-state index is 12.6. The number of carbonyl (C=O) groups is 1. The fourth-order valence-electron chi connectivity index (χ4n) is 2.65. The van der Waals surface area contributed by atoms with Gasteiger partial charge in [-0.3, -0.25) is 0 Å². The van der Waals surface area contributed by atoms with E-state index in [-0.39, 0.29) is 17.1 Å². The van der Waals surface area contributed by atoms with Crippen molar-refractivity contribution in [3.05, 3.63) is 71.9 Å². The number of benzene rings is 2. The van der Waals surface area contributed by atoms with E-state index in [9.17, 15) is 13.6 Å². The molecule has 142 valence electrons. The van der Waals surface area contributed by atoms with Crippen LogP contribution in [0.3, 0.4) is 0 Å². The predicted molar refractivity (Wildman–Crippen MR) is 99.1 cm³/mol. The van der Waals surface area contributed by atoms with Gasteiger partial charge in [0.05, 0.1) is 5.56 Å². The first kappa shape index (κ1) is 18.2. The minimum atomic E-state index is -2.63. The molecule has 0 aliphatic rings. The molecule has 2 aromatic carbocycles. The van der Waals surface area contributed by atoms with Gasteiger partial charge in [-0.25, -0.2) is 4.79 Å². The van der Waals surface area contributed by atoms with Gasteiger partial charge in [0.2, 0.25) is 5.76 Å². The normalized spacial score (nSPS) is 11.2. The number of carbonyl (C=O) groups excluding carboxylic acids is 1. The average molecular weight is 401 g/mol. The second-order valence-corrected chi connectivity index (χ2v) is 6.81. The number of fused-ring (bicyclic) bond motifs is 1. The molecule has 4 rings (SSSR count). The Kier molecular flexibility index (Phi) is 5.12. The zero-order valence-corrected chi connectivity index (χ0v) is 15.1. The number of alkyl halides is 2. The van der Waals surface area contributed by atoms with Gasteiger partial charge >= 0.3 is 5.97 Å². The summed E-state index contributed by atoms with van der Waals surface area (Å²) in [7, 11) is 0.